The van der Waals surface area contributed by atoms with Gasteiger partial charge in [-0.3, -0.25) is 4.79 Å². The van der Waals surface area contributed by atoms with Crippen molar-refractivity contribution >= 4 is 23.2 Å². The maximum absolute atomic E-state index is 12.1. The molecule has 5 nitrogen and oxygen atoms in total. The first kappa shape index (κ1) is 14.2. The van der Waals surface area contributed by atoms with Crippen molar-refractivity contribution in [1.82, 2.24) is 10.3 Å². The van der Waals surface area contributed by atoms with E-state index in [-0.39, 0.29) is 23.2 Å². The van der Waals surface area contributed by atoms with E-state index in [1.54, 1.807) is 18.3 Å². The Bertz CT molecular complexity index is 638. The number of carboxylic acid groups (broad SMARTS) is 1. The van der Waals surface area contributed by atoms with E-state index in [0.29, 0.717) is 5.69 Å². The summed E-state index contributed by atoms with van der Waals surface area (Å²) in [4.78, 5) is 27.0. The molecule has 0 bridgehead atoms. The fraction of sp³-hybridized carbons (Fsp3) is 0.214. The third-order valence-corrected chi connectivity index (χ3v) is 3.64. The summed E-state index contributed by atoms with van der Waals surface area (Å²) >= 11 is 1.57. The van der Waals surface area contributed by atoms with Crippen LogP contribution in [0.15, 0.2) is 29.0 Å². The number of amides is 1. The molecule has 1 atom stereocenters. The van der Waals surface area contributed by atoms with Gasteiger partial charge in [0.1, 0.15) is 5.69 Å². The summed E-state index contributed by atoms with van der Waals surface area (Å²) in [6.07, 6.45) is 0. The highest BCUT2D eigenvalue weighted by Crippen LogP contribution is 2.16. The van der Waals surface area contributed by atoms with Crippen LogP contribution in [0.4, 0.5) is 0 Å². The van der Waals surface area contributed by atoms with Crippen molar-refractivity contribution in [2.24, 2.45) is 0 Å². The highest BCUT2D eigenvalue weighted by Gasteiger charge is 2.15. The smallest absolute Gasteiger partial charge is 0.337 e. The van der Waals surface area contributed by atoms with Crippen molar-refractivity contribution in [3.05, 3.63) is 51.5 Å². The molecule has 0 saturated heterocycles. The number of carbonyl (C=O) groups excluding carboxylic acids is 1. The van der Waals surface area contributed by atoms with E-state index >= 15 is 0 Å². The monoisotopic (exact) mass is 290 g/mol. The van der Waals surface area contributed by atoms with Crippen molar-refractivity contribution in [1.29, 1.82) is 0 Å². The Morgan fingerprint density at radius 1 is 1.35 bits per heavy atom. The highest BCUT2D eigenvalue weighted by molar-refractivity contribution is 7.07. The average molecular weight is 290 g/mol. The second kappa shape index (κ2) is 5.83. The molecule has 6 heteroatoms. The van der Waals surface area contributed by atoms with Crippen molar-refractivity contribution in [2.75, 3.05) is 0 Å². The molecule has 2 heterocycles. The third kappa shape index (κ3) is 3.03. The zero-order chi connectivity index (χ0) is 14.7. The lowest BCUT2D eigenvalue weighted by atomic mass is 10.1. The van der Waals surface area contributed by atoms with E-state index in [1.807, 2.05) is 23.8 Å². The molecule has 0 fully saturated rings. The van der Waals surface area contributed by atoms with Crippen LogP contribution in [-0.2, 0) is 0 Å². The topological polar surface area (TPSA) is 79.3 Å². The first-order chi connectivity index (χ1) is 9.49. The lowest BCUT2D eigenvalue weighted by Gasteiger charge is -2.12. The van der Waals surface area contributed by atoms with Crippen molar-refractivity contribution < 1.29 is 14.7 Å². The van der Waals surface area contributed by atoms with Gasteiger partial charge in [-0.1, -0.05) is 0 Å². The van der Waals surface area contributed by atoms with Gasteiger partial charge in [0.25, 0.3) is 5.91 Å². The molecule has 1 unspecified atom stereocenters. The molecule has 2 aromatic heterocycles. The van der Waals surface area contributed by atoms with Crippen molar-refractivity contribution in [3.8, 4) is 0 Å². The van der Waals surface area contributed by atoms with E-state index < -0.39 is 5.97 Å². The number of aromatic nitrogens is 1. The molecule has 104 valence electrons. The predicted molar refractivity (Wildman–Crippen MR) is 76.1 cm³/mol. The molecule has 0 aliphatic heterocycles. The minimum absolute atomic E-state index is 0.104. The third-order valence-electron chi connectivity index (χ3n) is 2.94. The summed E-state index contributed by atoms with van der Waals surface area (Å²) in [6, 6.07) is 4.65. The van der Waals surface area contributed by atoms with E-state index in [9.17, 15) is 9.59 Å². The average Bonchev–Trinajstić information content (AvgIpc) is 2.91. The van der Waals surface area contributed by atoms with Gasteiger partial charge in [0.15, 0.2) is 0 Å². The van der Waals surface area contributed by atoms with E-state index in [1.165, 1.54) is 12.1 Å². The van der Waals surface area contributed by atoms with Crippen LogP contribution in [0.2, 0.25) is 0 Å². The highest BCUT2D eigenvalue weighted by atomic mass is 32.1. The molecule has 0 radical (unpaired) electrons. The van der Waals surface area contributed by atoms with Crippen LogP contribution >= 0.6 is 11.3 Å². The number of hydrogen-bond donors (Lipinski definition) is 2. The number of nitrogens with zero attached hydrogens (tertiary/aromatic N) is 1. The van der Waals surface area contributed by atoms with Gasteiger partial charge in [0.2, 0.25) is 0 Å². The first-order valence-corrected chi connectivity index (χ1v) is 6.97. The number of thiophene rings is 1. The number of rotatable bonds is 4. The molecule has 20 heavy (non-hydrogen) atoms. The number of pyridine rings is 1. The zero-order valence-electron chi connectivity index (χ0n) is 11.1. The summed E-state index contributed by atoms with van der Waals surface area (Å²) in [5.41, 5.74) is 1.68. The molecule has 0 aliphatic rings. The zero-order valence-corrected chi connectivity index (χ0v) is 11.9. The van der Waals surface area contributed by atoms with Crippen molar-refractivity contribution in [3.63, 3.8) is 0 Å². The predicted octanol–water partition coefficient (Wildman–Crippen LogP) is 2.64. The Balaban J connectivity index is 2.14. The molecule has 0 aliphatic carbocycles. The minimum atomic E-state index is -1.05. The van der Waals surface area contributed by atoms with E-state index in [2.05, 4.69) is 10.3 Å². The largest absolute Gasteiger partial charge is 0.478 e. The number of aryl methyl sites for hydroxylation is 1. The van der Waals surface area contributed by atoms with Gasteiger partial charge >= 0.3 is 5.97 Å². The lowest BCUT2D eigenvalue weighted by molar-refractivity contribution is 0.0694. The Hall–Kier alpha value is -2.21. The first-order valence-electron chi connectivity index (χ1n) is 6.03. The van der Waals surface area contributed by atoms with Crippen LogP contribution in [0.3, 0.4) is 0 Å². The number of aromatic carboxylic acids is 1. The van der Waals surface area contributed by atoms with Crippen LogP contribution in [0, 0.1) is 6.92 Å². The van der Waals surface area contributed by atoms with Gasteiger partial charge in [-0.05, 0) is 48.4 Å². The summed E-state index contributed by atoms with van der Waals surface area (Å²) in [6.45, 7) is 3.46. The molecule has 1 amide bonds. The van der Waals surface area contributed by atoms with Gasteiger partial charge in [-0.25, -0.2) is 9.78 Å². The van der Waals surface area contributed by atoms with Crippen LogP contribution < -0.4 is 5.32 Å². The Morgan fingerprint density at radius 2 is 2.10 bits per heavy atom. The SMILES string of the molecule is Cc1nc(C(=O)NC(C)c2ccsc2)ccc1C(=O)O. The summed E-state index contributed by atoms with van der Waals surface area (Å²) < 4.78 is 0. The summed E-state index contributed by atoms with van der Waals surface area (Å²) in [5, 5.41) is 15.7. The standard InChI is InChI=1S/C14H14N2O3S/c1-8(10-5-6-20-7-10)16-13(17)12-4-3-11(14(18)19)9(2)15-12/h3-8H,1-2H3,(H,16,17)(H,18,19). The van der Waals surface area contributed by atoms with Crippen molar-refractivity contribution in [2.45, 2.75) is 19.9 Å². The van der Waals surface area contributed by atoms with E-state index in [4.69, 9.17) is 5.11 Å². The molecule has 2 rings (SSSR count). The molecule has 0 spiro atoms. The van der Waals surface area contributed by atoms with Crippen LogP contribution in [0.5, 0.6) is 0 Å². The van der Waals surface area contributed by atoms with Gasteiger partial charge < -0.3 is 10.4 Å². The second-order valence-electron chi connectivity index (χ2n) is 4.39. The Labute approximate surface area is 120 Å². The van der Waals surface area contributed by atoms with Crippen LogP contribution in [-0.4, -0.2) is 22.0 Å². The number of carbonyl (C=O) groups is 2. The molecule has 0 saturated carbocycles. The molecular formula is C14H14N2O3S. The number of carboxylic acids is 1. The van der Waals surface area contributed by atoms with Crippen LogP contribution in [0.25, 0.3) is 0 Å². The molecular weight excluding hydrogens is 276 g/mol. The fourth-order valence-electron chi connectivity index (χ4n) is 1.79. The Kier molecular flexibility index (Phi) is 4.14. The lowest BCUT2D eigenvalue weighted by Crippen LogP contribution is -2.27. The quantitative estimate of drug-likeness (QED) is 0.907. The van der Waals surface area contributed by atoms with Crippen LogP contribution in [0.1, 0.15) is 45.1 Å². The molecule has 0 aromatic carbocycles. The maximum atomic E-state index is 12.1. The second-order valence-corrected chi connectivity index (χ2v) is 5.17. The van der Waals surface area contributed by atoms with Gasteiger partial charge in [-0.2, -0.15) is 11.3 Å². The van der Waals surface area contributed by atoms with Gasteiger partial charge in [-0.15, -0.1) is 0 Å². The maximum Gasteiger partial charge on any atom is 0.337 e. The number of nitrogens with one attached hydrogen (secondary N) is 1. The van der Waals surface area contributed by atoms with Gasteiger partial charge in [0.05, 0.1) is 17.3 Å². The fourth-order valence-corrected chi connectivity index (χ4v) is 2.54. The molecule has 2 aromatic rings. The minimum Gasteiger partial charge on any atom is -0.478 e. The number of hydrogen-bond acceptors (Lipinski definition) is 4. The normalized spacial score (nSPS) is 11.9. The van der Waals surface area contributed by atoms with E-state index in [0.717, 1.165) is 5.56 Å². The Morgan fingerprint density at radius 3 is 2.65 bits per heavy atom. The van der Waals surface area contributed by atoms with Gasteiger partial charge in [0, 0.05) is 0 Å². The summed E-state index contributed by atoms with van der Waals surface area (Å²) in [5.74, 6) is -1.36. The molecule has 2 N–H and O–H groups in total. The summed E-state index contributed by atoms with van der Waals surface area (Å²) in [7, 11) is 0.